The number of allylic oxidation sites excluding steroid dienone is 2. The lowest BCUT2D eigenvalue weighted by Crippen LogP contribution is -2.48. The zero-order valence-electron chi connectivity index (χ0n) is 21.1. The monoisotopic (exact) mass is 522 g/mol. The third kappa shape index (κ3) is 5.96. The summed E-state index contributed by atoms with van der Waals surface area (Å²) >= 11 is 0. The van der Waals surface area contributed by atoms with Gasteiger partial charge in [-0.2, -0.15) is 5.10 Å². The summed E-state index contributed by atoms with van der Waals surface area (Å²) in [7, 11) is 0. The molecule has 0 bridgehead atoms. The molecule has 3 aromatic carbocycles. The Kier molecular flexibility index (Phi) is 7.63. The van der Waals surface area contributed by atoms with Gasteiger partial charge in [-0.1, -0.05) is 54.6 Å². The SMILES string of the molecule is NC(=O)C(=O)C(Cc1ccccc1)N1C=CC=CC1n1cc(COc2ccccc2)c(-c2ccc(F)cc2)n1. The second-order valence-corrected chi connectivity index (χ2v) is 9.11. The Bertz CT molecular complexity index is 1500. The molecular weight excluding hydrogens is 495 g/mol. The van der Waals surface area contributed by atoms with Crippen molar-refractivity contribution in [1.82, 2.24) is 14.7 Å². The second-order valence-electron chi connectivity index (χ2n) is 9.11. The molecule has 7 nitrogen and oxygen atoms in total. The van der Waals surface area contributed by atoms with Gasteiger partial charge < -0.3 is 15.4 Å². The van der Waals surface area contributed by atoms with Gasteiger partial charge in [-0.3, -0.25) is 9.59 Å². The molecule has 2 unspecified atom stereocenters. The van der Waals surface area contributed by atoms with Crippen molar-refractivity contribution < 1.29 is 18.7 Å². The van der Waals surface area contributed by atoms with Crippen LogP contribution in [0.2, 0.25) is 0 Å². The molecular formula is C31H27FN4O3. The molecule has 39 heavy (non-hydrogen) atoms. The number of amides is 1. The number of halogens is 1. The van der Waals surface area contributed by atoms with E-state index in [0.29, 0.717) is 11.4 Å². The molecule has 5 rings (SSSR count). The van der Waals surface area contributed by atoms with Gasteiger partial charge >= 0.3 is 0 Å². The van der Waals surface area contributed by atoms with Gasteiger partial charge in [-0.05, 0) is 54.1 Å². The predicted molar refractivity (Wildman–Crippen MR) is 146 cm³/mol. The van der Waals surface area contributed by atoms with Gasteiger partial charge in [0.25, 0.3) is 5.91 Å². The van der Waals surface area contributed by atoms with E-state index in [1.165, 1.54) is 12.1 Å². The number of carbonyl (C=O) groups excluding carboxylic acids is 2. The average molecular weight is 523 g/mol. The molecule has 2 N–H and O–H groups in total. The fourth-order valence-electron chi connectivity index (χ4n) is 4.55. The molecule has 0 saturated carbocycles. The van der Waals surface area contributed by atoms with Crippen molar-refractivity contribution in [3.8, 4) is 17.0 Å². The minimum atomic E-state index is -0.998. The highest BCUT2D eigenvalue weighted by atomic mass is 19.1. The summed E-state index contributed by atoms with van der Waals surface area (Å²) in [6.45, 7) is 0.219. The van der Waals surface area contributed by atoms with E-state index in [0.717, 1.165) is 16.7 Å². The van der Waals surface area contributed by atoms with Crippen LogP contribution in [0.15, 0.2) is 116 Å². The van der Waals surface area contributed by atoms with Crippen LogP contribution in [0.1, 0.15) is 17.3 Å². The number of rotatable bonds is 10. The number of ketones is 1. The molecule has 2 atom stereocenters. The van der Waals surface area contributed by atoms with Crippen LogP contribution in [-0.4, -0.2) is 32.4 Å². The molecule has 0 spiro atoms. The van der Waals surface area contributed by atoms with Crippen LogP contribution in [0.5, 0.6) is 5.75 Å². The molecule has 0 aliphatic carbocycles. The van der Waals surface area contributed by atoms with Crippen LogP contribution in [0.4, 0.5) is 4.39 Å². The highest BCUT2D eigenvalue weighted by Gasteiger charge is 2.33. The first kappa shape index (κ1) is 25.7. The molecule has 196 valence electrons. The van der Waals surface area contributed by atoms with Crippen LogP contribution in [-0.2, 0) is 22.6 Å². The molecule has 1 aliphatic heterocycles. The minimum Gasteiger partial charge on any atom is -0.489 e. The lowest BCUT2D eigenvalue weighted by atomic mass is 9.99. The van der Waals surface area contributed by atoms with Crippen LogP contribution in [0.25, 0.3) is 11.3 Å². The maximum Gasteiger partial charge on any atom is 0.287 e. The largest absolute Gasteiger partial charge is 0.489 e. The van der Waals surface area contributed by atoms with Gasteiger partial charge in [0.05, 0.1) is 5.69 Å². The van der Waals surface area contributed by atoms with Crippen molar-refractivity contribution in [3.63, 3.8) is 0 Å². The quantitative estimate of drug-likeness (QED) is 0.302. The first-order chi connectivity index (χ1) is 19.0. The first-order valence-corrected chi connectivity index (χ1v) is 12.5. The number of carbonyl (C=O) groups is 2. The number of benzene rings is 3. The lowest BCUT2D eigenvalue weighted by Gasteiger charge is -2.36. The summed E-state index contributed by atoms with van der Waals surface area (Å²) in [5.74, 6) is -1.34. The van der Waals surface area contributed by atoms with Gasteiger partial charge in [0.1, 0.15) is 30.4 Å². The Hall–Kier alpha value is -4.98. The van der Waals surface area contributed by atoms with Gasteiger partial charge in [0, 0.05) is 29.9 Å². The number of hydrogen-bond donors (Lipinski definition) is 1. The molecule has 4 aromatic rings. The van der Waals surface area contributed by atoms with E-state index in [2.05, 4.69) is 0 Å². The summed E-state index contributed by atoms with van der Waals surface area (Å²) in [5.41, 5.74) is 8.47. The first-order valence-electron chi connectivity index (χ1n) is 12.5. The summed E-state index contributed by atoms with van der Waals surface area (Å²) in [4.78, 5) is 26.9. The van der Waals surface area contributed by atoms with E-state index in [1.807, 2.05) is 79.0 Å². The summed E-state index contributed by atoms with van der Waals surface area (Å²) in [5, 5.41) is 4.85. The molecule has 2 heterocycles. The van der Waals surface area contributed by atoms with Gasteiger partial charge in [0.2, 0.25) is 5.78 Å². The highest BCUT2D eigenvalue weighted by molar-refractivity contribution is 6.37. The van der Waals surface area contributed by atoms with Crippen molar-refractivity contribution in [2.24, 2.45) is 5.73 Å². The van der Waals surface area contributed by atoms with Crippen molar-refractivity contribution >= 4 is 11.7 Å². The average Bonchev–Trinajstić information content (AvgIpc) is 3.40. The maximum atomic E-state index is 13.7. The second kappa shape index (κ2) is 11.6. The van der Waals surface area contributed by atoms with Gasteiger partial charge in [-0.25, -0.2) is 9.07 Å². The molecule has 8 heteroatoms. The summed E-state index contributed by atoms with van der Waals surface area (Å²) in [6, 6.07) is 24.1. The Balaban J connectivity index is 1.51. The van der Waals surface area contributed by atoms with E-state index in [4.69, 9.17) is 15.6 Å². The summed E-state index contributed by atoms with van der Waals surface area (Å²) in [6.07, 6.45) is 8.90. The number of Topliss-reactive ketones (excluding diaryl/α,β-unsaturated/α-hetero) is 1. The van der Waals surface area contributed by atoms with Crippen molar-refractivity contribution in [1.29, 1.82) is 0 Å². The number of aromatic nitrogens is 2. The van der Waals surface area contributed by atoms with Gasteiger partial charge in [0.15, 0.2) is 0 Å². The van der Waals surface area contributed by atoms with E-state index in [1.54, 1.807) is 34.0 Å². The van der Waals surface area contributed by atoms with E-state index in [-0.39, 0.29) is 18.8 Å². The fraction of sp³-hybridized carbons (Fsp3) is 0.129. The van der Waals surface area contributed by atoms with Crippen LogP contribution >= 0.6 is 0 Å². The van der Waals surface area contributed by atoms with Crippen LogP contribution in [0.3, 0.4) is 0 Å². The molecule has 0 saturated heterocycles. The third-order valence-corrected chi connectivity index (χ3v) is 6.47. The van der Waals surface area contributed by atoms with Crippen molar-refractivity contribution in [2.45, 2.75) is 25.2 Å². The molecule has 1 aromatic heterocycles. The Labute approximate surface area is 225 Å². The zero-order valence-corrected chi connectivity index (χ0v) is 21.1. The normalized spacial score (nSPS) is 15.2. The standard InChI is InChI=1S/C31H27FN4O3/c32-25-16-14-23(15-17-25)29-24(21-39-26-11-5-2-6-12-26)20-36(34-29)28-13-7-8-18-35(28)27(30(37)31(33)38)19-22-9-3-1-4-10-22/h1-18,20,27-28H,19,21H2,(H2,33,38). The Morgan fingerprint density at radius 3 is 2.33 bits per heavy atom. The molecule has 1 amide bonds. The number of primary amides is 1. The Morgan fingerprint density at radius 1 is 0.949 bits per heavy atom. The van der Waals surface area contributed by atoms with E-state index >= 15 is 0 Å². The molecule has 1 aliphatic rings. The topological polar surface area (TPSA) is 90.5 Å². The fourth-order valence-corrected chi connectivity index (χ4v) is 4.55. The lowest BCUT2D eigenvalue weighted by molar-refractivity contribution is -0.139. The van der Waals surface area contributed by atoms with Crippen LogP contribution < -0.4 is 10.5 Å². The number of hydrogen-bond acceptors (Lipinski definition) is 5. The van der Waals surface area contributed by atoms with Crippen molar-refractivity contribution in [2.75, 3.05) is 0 Å². The number of nitrogens with zero attached hydrogens (tertiary/aromatic N) is 3. The molecule has 0 radical (unpaired) electrons. The highest BCUT2D eigenvalue weighted by Crippen LogP contribution is 2.30. The predicted octanol–water partition coefficient (Wildman–Crippen LogP) is 4.82. The summed E-state index contributed by atoms with van der Waals surface area (Å²) < 4.78 is 21.4. The number of ether oxygens (including phenoxy) is 1. The van der Waals surface area contributed by atoms with Gasteiger partial charge in [-0.15, -0.1) is 0 Å². The molecule has 0 fully saturated rings. The third-order valence-electron chi connectivity index (χ3n) is 6.47. The van der Waals surface area contributed by atoms with E-state index in [9.17, 15) is 14.0 Å². The number of para-hydroxylation sites is 1. The smallest absolute Gasteiger partial charge is 0.287 e. The van der Waals surface area contributed by atoms with E-state index < -0.39 is 23.9 Å². The minimum absolute atomic E-state index is 0.219. The zero-order chi connectivity index (χ0) is 27.2. The number of nitrogens with two attached hydrogens (primary N) is 1. The Morgan fingerprint density at radius 2 is 1.64 bits per heavy atom. The van der Waals surface area contributed by atoms with Crippen LogP contribution in [0, 0.1) is 5.82 Å². The van der Waals surface area contributed by atoms with Crippen molar-refractivity contribution in [3.05, 3.63) is 132 Å². The maximum absolute atomic E-state index is 13.7.